The standard InChI is InChI=1S/C21H18N2O6/c1-11(24)22-16-9-12(10-17(29-2)20(16)26)3-6-14-7-4-13-5-8-15(21(27)28)19(25)18(13)23-14/h3-10,25-26H,1-2H3,(H,22,24)(H,27,28). The number of pyridine rings is 1. The number of anilines is 1. The molecule has 0 aliphatic heterocycles. The predicted octanol–water partition coefficient (Wildman–Crippen LogP) is 3.48. The lowest BCUT2D eigenvalue weighted by Gasteiger charge is -2.11. The molecule has 0 saturated heterocycles. The molecule has 3 rings (SSSR count). The summed E-state index contributed by atoms with van der Waals surface area (Å²) in [7, 11) is 1.40. The van der Waals surface area contributed by atoms with Gasteiger partial charge in [-0.15, -0.1) is 0 Å². The molecule has 148 valence electrons. The molecular weight excluding hydrogens is 376 g/mol. The van der Waals surface area contributed by atoms with Gasteiger partial charge in [0.05, 0.1) is 18.5 Å². The summed E-state index contributed by atoms with van der Waals surface area (Å²) in [4.78, 5) is 26.8. The molecule has 8 nitrogen and oxygen atoms in total. The molecule has 1 amide bonds. The first-order valence-electron chi connectivity index (χ1n) is 8.53. The van der Waals surface area contributed by atoms with Gasteiger partial charge in [0.1, 0.15) is 11.1 Å². The number of nitrogens with one attached hydrogen (secondary N) is 1. The second-order valence-electron chi connectivity index (χ2n) is 6.21. The second kappa shape index (κ2) is 7.89. The van der Waals surface area contributed by atoms with Crippen LogP contribution in [0.15, 0.2) is 36.4 Å². The van der Waals surface area contributed by atoms with Gasteiger partial charge in [-0.2, -0.15) is 0 Å². The van der Waals surface area contributed by atoms with Gasteiger partial charge >= 0.3 is 5.97 Å². The van der Waals surface area contributed by atoms with E-state index in [9.17, 15) is 19.8 Å². The van der Waals surface area contributed by atoms with Crippen molar-refractivity contribution >= 4 is 40.6 Å². The Hall–Kier alpha value is -4.07. The van der Waals surface area contributed by atoms with Gasteiger partial charge in [-0.3, -0.25) is 4.79 Å². The van der Waals surface area contributed by atoms with E-state index in [1.54, 1.807) is 42.5 Å². The third-order valence-electron chi connectivity index (χ3n) is 4.16. The smallest absolute Gasteiger partial charge is 0.339 e. The molecular formula is C21H18N2O6. The Balaban J connectivity index is 2.01. The molecule has 0 bridgehead atoms. The van der Waals surface area contributed by atoms with Crippen molar-refractivity contribution in [3.63, 3.8) is 0 Å². The highest BCUT2D eigenvalue weighted by atomic mass is 16.5. The molecule has 2 aromatic carbocycles. The minimum atomic E-state index is -1.24. The van der Waals surface area contributed by atoms with Crippen LogP contribution in [0.3, 0.4) is 0 Å². The number of hydrogen-bond acceptors (Lipinski definition) is 6. The first-order chi connectivity index (χ1) is 13.8. The van der Waals surface area contributed by atoms with E-state index in [2.05, 4.69) is 10.3 Å². The molecule has 3 aromatic rings. The lowest BCUT2D eigenvalue weighted by molar-refractivity contribution is -0.114. The number of rotatable bonds is 5. The number of benzene rings is 2. The fourth-order valence-electron chi connectivity index (χ4n) is 2.80. The van der Waals surface area contributed by atoms with Crippen molar-refractivity contribution in [2.45, 2.75) is 6.92 Å². The molecule has 0 unspecified atom stereocenters. The van der Waals surface area contributed by atoms with Gasteiger partial charge in [0.15, 0.2) is 17.2 Å². The van der Waals surface area contributed by atoms with Gasteiger partial charge < -0.3 is 25.4 Å². The zero-order valence-corrected chi connectivity index (χ0v) is 15.6. The summed E-state index contributed by atoms with van der Waals surface area (Å²) in [6.45, 7) is 1.32. The van der Waals surface area contributed by atoms with Crippen molar-refractivity contribution < 1.29 is 29.6 Å². The van der Waals surface area contributed by atoms with Crippen molar-refractivity contribution in [2.75, 3.05) is 12.4 Å². The highest BCUT2D eigenvalue weighted by Gasteiger charge is 2.14. The van der Waals surface area contributed by atoms with Crippen LogP contribution in [0.2, 0.25) is 0 Å². The van der Waals surface area contributed by atoms with E-state index in [-0.39, 0.29) is 34.2 Å². The monoisotopic (exact) mass is 394 g/mol. The van der Waals surface area contributed by atoms with E-state index in [1.807, 2.05) is 0 Å². The van der Waals surface area contributed by atoms with Crippen LogP contribution in [0.25, 0.3) is 23.1 Å². The summed E-state index contributed by atoms with van der Waals surface area (Å²) in [5.74, 6) is -1.98. The van der Waals surface area contributed by atoms with Crippen molar-refractivity contribution in [3.8, 4) is 17.2 Å². The molecule has 0 saturated carbocycles. The first-order valence-corrected chi connectivity index (χ1v) is 8.53. The topological polar surface area (TPSA) is 129 Å². The lowest BCUT2D eigenvalue weighted by Crippen LogP contribution is -2.06. The maximum atomic E-state index is 11.3. The summed E-state index contributed by atoms with van der Waals surface area (Å²) in [6, 6.07) is 9.47. The summed E-state index contributed by atoms with van der Waals surface area (Å²) < 4.78 is 5.13. The zero-order valence-electron chi connectivity index (χ0n) is 15.6. The number of fused-ring (bicyclic) bond motifs is 1. The third kappa shape index (κ3) is 4.11. The number of aromatic hydroxyl groups is 2. The number of carboxylic acid groups (broad SMARTS) is 1. The van der Waals surface area contributed by atoms with E-state index in [0.717, 1.165) is 0 Å². The summed E-state index contributed by atoms with van der Waals surface area (Å²) in [5, 5.41) is 32.6. The molecule has 0 spiro atoms. The summed E-state index contributed by atoms with van der Waals surface area (Å²) in [6.07, 6.45) is 3.33. The van der Waals surface area contributed by atoms with Crippen LogP contribution in [0.1, 0.15) is 28.5 Å². The van der Waals surface area contributed by atoms with Gasteiger partial charge in [0.2, 0.25) is 5.91 Å². The zero-order chi connectivity index (χ0) is 21.1. The van der Waals surface area contributed by atoms with Gasteiger partial charge in [-0.05, 0) is 35.9 Å². The predicted molar refractivity (Wildman–Crippen MR) is 108 cm³/mol. The van der Waals surface area contributed by atoms with Crippen LogP contribution in [0.5, 0.6) is 17.2 Å². The fourth-order valence-corrected chi connectivity index (χ4v) is 2.80. The number of carbonyl (C=O) groups excluding carboxylic acids is 1. The van der Waals surface area contributed by atoms with Crippen molar-refractivity contribution in [1.82, 2.24) is 4.98 Å². The van der Waals surface area contributed by atoms with Crippen LogP contribution in [-0.4, -0.2) is 39.3 Å². The van der Waals surface area contributed by atoms with Gasteiger partial charge in [0.25, 0.3) is 0 Å². The van der Waals surface area contributed by atoms with E-state index >= 15 is 0 Å². The van der Waals surface area contributed by atoms with Gasteiger partial charge in [-0.1, -0.05) is 18.2 Å². The highest BCUT2D eigenvalue weighted by molar-refractivity contribution is 5.99. The maximum absolute atomic E-state index is 11.3. The number of aromatic carboxylic acids is 1. The summed E-state index contributed by atoms with van der Waals surface area (Å²) >= 11 is 0. The lowest BCUT2D eigenvalue weighted by atomic mass is 10.1. The van der Waals surface area contributed by atoms with Crippen molar-refractivity contribution in [3.05, 3.63) is 53.2 Å². The Morgan fingerprint density at radius 1 is 1.07 bits per heavy atom. The molecule has 4 N–H and O–H groups in total. The first kappa shape index (κ1) is 19.7. The van der Waals surface area contributed by atoms with Crippen LogP contribution in [-0.2, 0) is 4.79 Å². The molecule has 0 aliphatic rings. The largest absolute Gasteiger partial charge is 0.505 e. The minimum absolute atomic E-state index is 0.175. The quantitative estimate of drug-likeness (QED) is 0.488. The van der Waals surface area contributed by atoms with Crippen LogP contribution in [0, 0.1) is 0 Å². The molecule has 0 radical (unpaired) electrons. The molecule has 0 atom stereocenters. The highest BCUT2D eigenvalue weighted by Crippen LogP contribution is 2.36. The number of carboxylic acids is 1. The Bertz CT molecular complexity index is 1150. The Kier molecular flexibility index (Phi) is 5.36. The second-order valence-corrected chi connectivity index (χ2v) is 6.21. The molecule has 29 heavy (non-hydrogen) atoms. The van der Waals surface area contributed by atoms with Gasteiger partial charge in [0, 0.05) is 12.3 Å². The maximum Gasteiger partial charge on any atom is 0.339 e. The molecule has 1 aromatic heterocycles. The van der Waals surface area contributed by atoms with E-state index in [1.165, 1.54) is 20.1 Å². The summed E-state index contributed by atoms with van der Waals surface area (Å²) in [5.41, 5.74) is 1.24. The van der Waals surface area contributed by atoms with Crippen molar-refractivity contribution in [2.24, 2.45) is 0 Å². The number of ether oxygens (including phenoxy) is 1. The van der Waals surface area contributed by atoms with E-state index in [0.29, 0.717) is 16.6 Å². The normalized spacial score (nSPS) is 11.0. The number of hydrogen-bond donors (Lipinski definition) is 4. The number of phenols is 2. The number of methoxy groups -OCH3 is 1. The molecule has 1 heterocycles. The average Bonchev–Trinajstić information content (AvgIpc) is 2.68. The SMILES string of the molecule is COc1cc(C=Cc2ccc3ccc(C(=O)O)c(O)c3n2)cc(NC(C)=O)c1O. The van der Waals surface area contributed by atoms with E-state index < -0.39 is 11.7 Å². The van der Waals surface area contributed by atoms with Crippen LogP contribution < -0.4 is 10.1 Å². The minimum Gasteiger partial charge on any atom is -0.505 e. The van der Waals surface area contributed by atoms with Crippen molar-refractivity contribution in [1.29, 1.82) is 0 Å². The number of phenolic OH excluding ortho intramolecular Hbond substituents is 1. The number of aromatic nitrogens is 1. The van der Waals surface area contributed by atoms with Crippen LogP contribution in [0.4, 0.5) is 5.69 Å². The number of nitrogens with zero attached hydrogens (tertiary/aromatic N) is 1. The van der Waals surface area contributed by atoms with Gasteiger partial charge in [-0.25, -0.2) is 9.78 Å². The van der Waals surface area contributed by atoms with Crippen LogP contribution >= 0.6 is 0 Å². The fraction of sp³-hybridized carbons (Fsp3) is 0.0952. The number of carbonyl (C=O) groups is 2. The molecule has 8 heteroatoms. The molecule has 0 fully saturated rings. The Morgan fingerprint density at radius 2 is 1.79 bits per heavy atom. The number of amides is 1. The third-order valence-corrected chi connectivity index (χ3v) is 4.16. The molecule has 0 aliphatic carbocycles. The Morgan fingerprint density at radius 3 is 2.45 bits per heavy atom. The van der Waals surface area contributed by atoms with E-state index in [4.69, 9.17) is 9.84 Å². The Labute approximate surface area is 165 Å². The average molecular weight is 394 g/mol.